The smallest absolute Gasteiger partial charge is 0.123 e. The van der Waals surface area contributed by atoms with Gasteiger partial charge in [0.25, 0.3) is 0 Å². The molecule has 0 aliphatic carbocycles. The van der Waals surface area contributed by atoms with E-state index < -0.39 is 0 Å². The van der Waals surface area contributed by atoms with E-state index in [9.17, 15) is 0 Å². The van der Waals surface area contributed by atoms with Gasteiger partial charge in [-0.3, -0.25) is 0 Å². The number of aromatic amines is 2. The first-order valence-electron chi connectivity index (χ1n) is 42.7. The fourth-order valence-corrected chi connectivity index (χ4v) is 17.1. The number of unbranched alkanes of at least 4 members (excludes halogenated alkanes) is 12. The zero-order valence-electron chi connectivity index (χ0n) is 70.2. The molecule has 114 heavy (non-hydrogen) atoms. The molecule has 0 radical (unpaired) electrons. The molecule has 2 aliphatic heterocycles. The molecule has 0 spiro atoms. The van der Waals surface area contributed by atoms with Crippen LogP contribution in [0.4, 0.5) is 0 Å². The van der Waals surface area contributed by atoms with Gasteiger partial charge in [-0.1, -0.05) is 97.1 Å². The number of benzene rings is 10. The molecule has 3 aromatic heterocycles. The molecule has 2 N–H and O–H groups in total. The molecule has 15 rings (SSSR count). The van der Waals surface area contributed by atoms with E-state index in [2.05, 4.69) is 288 Å². The highest BCUT2D eigenvalue weighted by Gasteiger charge is 2.29. The van der Waals surface area contributed by atoms with Crippen molar-refractivity contribution in [3.63, 3.8) is 0 Å². The summed E-state index contributed by atoms with van der Waals surface area (Å²) in [4.78, 5) is 20.9. The molecule has 590 valence electrons. The maximum atomic E-state index is 7.06. The Labute approximate surface area is 676 Å². The lowest BCUT2D eigenvalue weighted by atomic mass is 9.93. The van der Waals surface area contributed by atoms with E-state index >= 15 is 0 Å². The number of fused-ring (bicyclic) bond motifs is 24. The van der Waals surface area contributed by atoms with Crippen LogP contribution < -0.4 is 18.9 Å². The van der Waals surface area contributed by atoms with Gasteiger partial charge in [-0.15, -0.1) is 0 Å². The van der Waals surface area contributed by atoms with Crippen LogP contribution in [-0.4, -0.2) is 174 Å². The molecule has 0 saturated heterocycles. The molecule has 8 bridgehead atoms. The van der Waals surface area contributed by atoms with Gasteiger partial charge in [0.15, 0.2) is 0 Å². The Kier molecular flexibility index (Phi) is 24.0. The van der Waals surface area contributed by atoms with E-state index in [4.69, 9.17) is 28.9 Å². The molecule has 13 aromatic rings. The lowest BCUT2D eigenvalue weighted by molar-refractivity contribution is -0.906. The van der Waals surface area contributed by atoms with Crippen molar-refractivity contribution in [3.8, 4) is 90.3 Å². The number of rotatable bonds is 36. The Morgan fingerprint density at radius 3 is 0.851 bits per heavy atom. The summed E-state index contributed by atoms with van der Waals surface area (Å²) in [5.74, 6) is 3.11. The van der Waals surface area contributed by atoms with Gasteiger partial charge in [-0.25, -0.2) is 9.97 Å². The minimum absolute atomic E-state index is 0.594. The van der Waals surface area contributed by atoms with E-state index in [-0.39, 0.29) is 0 Å². The fourth-order valence-electron chi connectivity index (χ4n) is 17.1. The number of quaternary nitrogens is 4. The number of H-pyrrole nitrogens is 2. The fraction of sp³-hybridized carbons (Fsp3) is 0.373. The summed E-state index contributed by atoms with van der Waals surface area (Å²) in [6.07, 6.45) is 17.6. The van der Waals surface area contributed by atoms with Gasteiger partial charge in [-0.2, -0.15) is 0 Å². The summed E-state index contributed by atoms with van der Waals surface area (Å²) in [5.41, 5.74) is 15.2. The van der Waals surface area contributed by atoms with Crippen molar-refractivity contribution in [1.29, 1.82) is 0 Å². The average molecular weight is 1520 g/mol. The summed E-state index contributed by atoms with van der Waals surface area (Å²) >= 11 is 0. The van der Waals surface area contributed by atoms with Crippen molar-refractivity contribution in [3.05, 3.63) is 194 Å². The van der Waals surface area contributed by atoms with Gasteiger partial charge in [0.1, 0.15) is 23.0 Å². The van der Waals surface area contributed by atoms with Gasteiger partial charge in [0.2, 0.25) is 0 Å². The Bertz CT molecular complexity index is 5540. The minimum atomic E-state index is 0.594. The van der Waals surface area contributed by atoms with Crippen molar-refractivity contribution in [2.45, 2.75) is 117 Å². The highest BCUT2D eigenvalue weighted by atomic mass is 16.5. The predicted molar refractivity (Wildman–Crippen MR) is 482 cm³/mol. The molecule has 10 aromatic carbocycles. The van der Waals surface area contributed by atoms with E-state index in [0.717, 1.165) is 298 Å². The number of nitrogens with one attached hydrogen (secondary N) is 2. The van der Waals surface area contributed by atoms with Crippen LogP contribution >= 0.6 is 0 Å². The molecule has 0 atom stereocenters. The predicted octanol–water partition coefficient (Wildman–Crippen LogP) is 24.6. The Morgan fingerprint density at radius 2 is 0.553 bits per heavy atom. The number of hydrogen-bond acceptors (Lipinski definition) is 6. The summed E-state index contributed by atoms with van der Waals surface area (Å²) in [5, 5.41) is 13.4. The normalized spacial score (nSPS) is 12.6. The summed E-state index contributed by atoms with van der Waals surface area (Å²) in [7, 11) is 22.9. The van der Waals surface area contributed by atoms with Crippen LogP contribution in [0.25, 0.3) is 154 Å². The standard InChI is InChI=1S/C102H122N8O4/c1-13-110(12,14-2)50-34-18-22-38-54-114-84-58-80(57-83(68-84)113-53-37-21-17-33-49-109(9,10)11)98-101-91-65-77-45-29-25-41-73(77)61-87(91)95(105-101)69-93-85-59-71-39-23-27-43-75(71)63-89(85)99(103-93)97(79-55-81(111-51-35-19-15-31-47-107(3,4)5)67-82(56-79)112-52-36-20-16-32-48-108(6,7)8)100-90-64-76-44-28-24-40-72(76)60-86(90)94(104-100)70-96-88-62-74-42-26-30-46-78(74)66-92(88)102(98)106-96/h23-30,39-46,55-70,103,106H,13-22,31-38,47-54H2,1-12H3/q+4. The zero-order chi connectivity index (χ0) is 79.1. The second-order valence-electron chi connectivity index (χ2n) is 36.0. The van der Waals surface area contributed by atoms with E-state index in [1.807, 2.05) is 0 Å². The summed E-state index contributed by atoms with van der Waals surface area (Å²) in [6, 6.07) is 72.0. The third-order valence-corrected chi connectivity index (χ3v) is 23.9. The molecular formula is C102H122N8O4+4. The quantitative estimate of drug-likeness (QED) is 0.0300. The number of ether oxygens (including phenoxy) is 4. The Hall–Kier alpha value is -10.1. The summed E-state index contributed by atoms with van der Waals surface area (Å²) in [6.45, 7) is 14.0. The highest BCUT2D eigenvalue weighted by molar-refractivity contribution is 6.21. The van der Waals surface area contributed by atoms with Crippen molar-refractivity contribution in [2.75, 3.05) is 136 Å². The monoisotopic (exact) mass is 1520 g/mol. The largest absolute Gasteiger partial charge is 0.493 e. The molecule has 2 aliphatic rings. The molecule has 5 heterocycles. The minimum Gasteiger partial charge on any atom is -0.493 e. The van der Waals surface area contributed by atoms with Crippen molar-refractivity contribution in [1.82, 2.24) is 19.9 Å². The van der Waals surface area contributed by atoms with E-state index in [1.165, 1.54) is 38.6 Å². The van der Waals surface area contributed by atoms with Crippen LogP contribution in [0.3, 0.4) is 0 Å². The Morgan fingerprint density at radius 1 is 0.281 bits per heavy atom. The SMILES string of the molecule is CC[N+](C)(CC)CCCCCCOc1cc(OCCCCCC[N+](C)(C)C)cc(-c2c3nc(cc4[nH]c(c(-c5cc(OCCCCCC[N+](C)(C)C)cc(OCCCCCC[N+](C)(C)C)c5)c5nc(cc6[nH]c2c2cc7ccccc7cc62)-c2cc6ccccc6cc2-5)c2cc5ccccc5cc42)-c2cc4ccccc4cc2-3)c1. The van der Waals surface area contributed by atoms with Crippen LogP contribution in [0.15, 0.2) is 194 Å². The third kappa shape index (κ3) is 18.7. The second-order valence-corrected chi connectivity index (χ2v) is 36.0. The molecule has 0 saturated carbocycles. The van der Waals surface area contributed by atoms with Crippen LogP contribution in [0.5, 0.6) is 23.0 Å². The molecule has 0 fully saturated rings. The van der Waals surface area contributed by atoms with Crippen molar-refractivity contribution >= 4 is 86.7 Å². The number of hydrogen-bond donors (Lipinski definition) is 2. The lowest BCUT2D eigenvalue weighted by Crippen LogP contribution is -2.44. The molecule has 0 amide bonds. The first kappa shape index (κ1) is 79.2. The topological polar surface area (TPSA) is 94.3 Å². The Balaban J connectivity index is 1.00. The molecular weight excluding hydrogens is 1400 g/mol. The zero-order valence-corrected chi connectivity index (χ0v) is 70.2. The number of aromatic nitrogens is 4. The van der Waals surface area contributed by atoms with Gasteiger partial charge < -0.3 is 46.8 Å². The molecule has 12 heteroatoms. The molecule has 12 nitrogen and oxygen atoms in total. The van der Waals surface area contributed by atoms with Crippen LogP contribution in [0.2, 0.25) is 0 Å². The molecule has 0 unspecified atom stereocenters. The van der Waals surface area contributed by atoms with Crippen molar-refractivity contribution in [2.24, 2.45) is 0 Å². The van der Waals surface area contributed by atoms with Gasteiger partial charge >= 0.3 is 0 Å². The summed E-state index contributed by atoms with van der Waals surface area (Å²) < 4.78 is 32.2. The van der Waals surface area contributed by atoms with Gasteiger partial charge in [0, 0.05) is 78.1 Å². The third-order valence-electron chi connectivity index (χ3n) is 23.9. The van der Waals surface area contributed by atoms with Crippen LogP contribution in [0, 0.1) is 0 Å². The maximum absolute atomic E-state index is 7.06. The van der Waals surface area contributed by atoms with Gasteiger partial charge in [0.05, 0.1) is 170 Å². The second kappa shape index (κ2) is 34.5. The first-order chi connectivity index (χ1) is 55.1. The highest BCUT2D eigenvalue weighted by Crippen LogP contribution is 2.51. The average Bonchev–Trinajstić information content (AvgIpc) is 1.56. The van der Waals surface area contributed by atoms with Gasteiger partial charge in [-0.05, 0) is 256 Å². The first-order valence-corrected chi connectivity index (χ1v) is 42.7. The maximum Gasteiger partial charge on any atom is 0.123 e. The van der Waals surface area contributed by atoms with E-state index in [1.54, 1.807) is 0 Å². The number of nitrogens with zero attached hydrogens (tertiary/aromatic N) is 6. The van der Waals surface area contributed by atoms with E-state index in [0.29, 0.717) is 26.4 Å². The van der Waals surface area contributed by atoms with Crippen molar-refractivity contribution < 1.29 is 36.9 Å². The van der Waals surface area contributed by atoms with Crippen LogP contribution in [0.1, 0.15) is 117 Å². The van der Waals surface area contributed by atoms with Crippen LogP contribution in [-0.2, 0) is 0 Å². The lowest BCUT2D eigenvalue weighted by Gasteiger charge is -2.32.